The number of aliphatic hydroxyl groups excluding tert-OH is 1. The van der Waals surface area contributed by atoms with Gasteiger partial charge in [-0.1, -0.05) is 53.2 Å². The van der Waals surface area contributed by atoms with Crippen molar-refractivity contribution in [3.05, 3.63) is 23.8 Å². The second-order valence-electron chi connectivity index (χ2n) is 12.4. The Morgan fingerprint density at radius 1 is 1.24 bits per heavy atom. The molecule has 3 saturated carbocycles. The Labute approximate surface area is 253 Å². The summed E-state index contributed by atoms with van der Waals surface area (Å²) in [5, 5.41) is 26.4. The molecule has 4 rings (SSSR count). The first-order valence-electron chi connectivity index (χ1n) is 14.3. The molecule has 0 aliphatic heterocycles. The number of hydrogen-bond acceptors (Lipinski definition) is 9. The molecule has 0 aromatic carbocycles. The summed E-state index contributed by atoms with van der Waals surface area (Å²) in [7, 11) is 0. The summed E-state index contributed by atoms with van der Waals surface area (Å²) >= 11 is 4.19. The highest BCUT2D eigenvalue weighted by Gasteiger charge is 2.68. The van der Waals surface area contributed by atoms with E-state index >= 15 is 0 Å². The largest absolute Gasteiger partial charge is 0.456 e. The first-order chi connectivity index (χ1) is 19.3. The van der Waals surface area contributed by atoms with Crippen molar-refractivity contribution in [2.45, 2.75) is 83.5 Å². The van der Waals surface area contributed by atoms with E-state index in [9.17, 15) is 34.2 Å². The maximum atomic E-state index is 13.5. The second kappa shape index (κ2) is 12.4. The van der Waals surface area contributed by atoms with Crippen LogP contribution in [-0.4, -0.2) is 74.2 Å². The van der Waals surface area contributed by atoms with E-state index in [1.165, 1.54) is 6.92 Å². The average Bonchev–Trinajstić information content (AvgIpc) is 3.18. The first-order valence-corrected chi connectivity index (χ1v) is 16.4. The number of fused-ring (bicyclic) bond motifs is 5. The molecule has 1 unspecified atom stereocenters. The molecular formula is C30H40BrNO8S. The van der Waals surface area contributed by atoms with Crippen LogP contribution in [0.1, 0.15) is 65.7 Å². The van der Waals surface area contributed by atoms with Crippen molar-refractivity contribution in [2.24, 2.45) is 28.6 Å². The number of allylic oxidation sites excluding steroid dienone is 4. The fourth-order valence-electron chi connectivity index (χ4n) is 8.02. The number of carbonyl (C=O) groups is 5. The third-order valence-electron chi connectivity index (χ3n) is 10.0. The molecule has 41 heavy (non-hydrogen) atoms. The summed E-state index contributed by atoms with van der Waals surface area (Å²) in [5.41, 5.74) is -2.13. The second-order valence-corrected chi connectivity index (χ2v) is 14.2. The van der Waals surface area contributed by atoms with Gasteiger partial charge in [-0.3, -0.25) is 19.2 Å². The average molecular weight is 655 g/mol. The molecule has 4 aliphatic rings. The van der Waals surface area contributed by atoms with Crippen molar-refractivity contribution in [1.29, 1.82) is 0 Å². The highest BCUT2D eigenvalue weighted by molar-refractivity contribution is 9.09. The Morgan fingerprint density at radius 3 is 2.66 bits per heavy atom. The van der Waals surface area contributed by atoms with E-state index < -0.39 is 52.8 Å². The van der Waals surface area contributed by atoms with Crippen molar-refractivity contribution in [1.82, 2.24) is 5.32 Å². The monoisotopic (exact) mass is 653 g/mol. The van der Waals surface area contributed by atoms with Crippen LogP contribution >= 0.6 is 27.7 Å². The molecule has 0 spiro atoms. The molecule has 0 radical (unpaired) electrons. The van der Waals surface area contributed by atoms with Crippen LogP contribution < -0.4 is 5.32 Å². The highest BCUT2D eigenvalue weighted by atomic mass is 79.9. The maximum Gasteiger partial charge on any atom is 0.329 e. The number of carbonyl (C=O) groups excluding carboxylic acids is 5. The van der Waals surface area contributed by atoms with E-state index in [1.807, 2.05) is 13.0 Å². The molecule has 3 N–H and O–H groups in total. The number of rotatable bonds is 10. The van der Waals surface area contributed by atoms with Crippen molar-refractivity contribution < 1.29 is 38.9 Å². The molecule has 0 bridgehead atoms. The number of thioether (sulfide) groups is 1. The van der Waals surface area contributed by atoms with Crippen LogP contribution in [0.3, 0.4) is 0 Å². The van der Waals surface area contributed by atoms with E-state index in [0.717, 1.165) is 30.2 Å². The Morgan fingerprint density at radius 2 is 1.98 bits per heavy atom. The van der Waals surface area contributed by atoms with Gasteiger partial charge in [-0.15, -0.1) is 0 Å². The number of aliphatic hydroxyl groups is 2. The minimum atomic E-state index is -1.79. The zero-order chi connectivity index (χ0) is 30.2. The van der Waals surface area contributed by atoms with Crippen molar-refractivity contribution >= 4 is 56.3 Å². The molecule has 0 saturated heterocycles. The molecule has 8 atom stereocenters. The number of halogens is 1. The third-order valence-corrected chi connectivity index (χ3v) is 11.6. The van der Waals surface area contributed by atoms with E-state index in [-0.39, 0.29) is 47.2 Å². The number of esters is 1. The van der Waals surface area contributed by atoms with Crippen LogP contribution in [0.4, 0.5) is 0 Å². The first kappa shape index (κ1) is 32.1. The van der Waals surface area contributed by atoms with Crippen molar-refractivity contribution in [2.75, 3.05) is 17.7 Å². The lowest BCUT2D eigenvalue weighted by Gasteiger charge is -2.59. The topological polar surface area (TPSA) is 147 Å². The van der Waals surface area contributed by atoms with E-state index in [2.05, 4.69) is 28.2 Å². The zero-order valence-corrected chi connectivity index (χ0v) is 26.2. The van der Waals surface area contributed by atoms with Crippen LogP contribution in [0.2, 0.25) is 0 Å². The predicted molar refractivity (Wildman–Crippen MR) is 157 cm³/mol. The molecule has 0 heterocycles. The van der Waals surface area contributed by atoms with Gasteiger partial charge in [0.25, 0.3) is 0 Å². The molecule has 3 fully saturated rings. The molecule has 226 valence electrons. The lowest BCUT2D eigenvalue weighted by Crippen LogP contribution is -2.61. The summed E-state index contributed by atoms with van der Waals surface area (Å²) in [6, 6.07) is -1.11. The van der Waals surface area contributed by atoms with E-state index in [0.29, 0.717) is 24.6 Å². The number of hydrogen-bond donors (Lipinski definition) is 3. The van der Waals surface area contributed by atoms with Crippen molar-refractivity contribution in [3.63, 3.8) is 0 Å². The summed E-state index contributed by atoms with van der Waals surface area (Å²) < 4.78 is 5.31. The van der Waals surface area contributed by atoms with Gasteiger partial charge in [0.05, 0.1) is 6.10 Å². The van der Waals surface area contributed by atoms with Gasteiger partial charge in [-0.25, -0.2) is 4.79 Å². The number of nitrogens with one attached hydrogen (secondary N) is 1. The normalized spacial score (nSPS) is 36.3. The van der Waals surface area contributed by atoms with Gasteiger partial charge >= 0.3 is 5.97 Å². The fourth-order valence-corrected chi connectivity index (χ4v) is 9.16. The smallest absolute Gasteiger partial charge is 0.329 e. The number of ether oxygens (including phenoxy) is 1. The van der Waals surface area contributed by atoms with Gasteiger partial charge in [0.1, 0.15) is 11.6 Å². The van der Waals surface area contributed by atoms with Gasteiger partial charge in [-0.2, -0.15) is 0 Å². The van der Waals surface area contributed by atoms with Crippen LogP contribution in [0.5, 0.6) is 0 Å². The highest BCUT2D eigenvalue weighted by Crippen LogP contribution is 2.67. The Hall–Kier alpha value is -1.82. The molecule has 0 aromatic rings. The van der Waals surface area contributed by atoms with Gasteiger partial charge < -0.3 is 20.3 Å². The number of ketones is 2. The molecule has 1 amide bonds. The molecular weight excluding hydrogens is 614 g/mol. The minimum absolute atomic E-state index is 0.0255. The maximum absolute atomic E-state index is 13.5. The number of alkyl halides is 1. The van der Waals surface area contributed by atoms with Crippen LogP contribution in [0.25, 0.3) is 0 Å². The summed E-state index contributed by atoms with van der Waals surface area (Å²) in [6.07, 6.45) is 7.83. The van der Waals surface area contributed by atoms with Crippen molar-refractivity contribution in [3.8, 4) is 0 Å². The van der Waals surface area contributed by atoms with Gasteiger partial charge in [0.2, 0.25) is 11.7 Å². The van der Waals surface area contributed by atoms with Gasteiger partial charge in [0, 0.05) is 41.2 Å². The predicted octanol–water partition coefficient (Wildman–Crippen LogP) is 3.05. The van der Waals surface area contributed by atoms with E-state index in [1.54, 1.807) is 12.2 Å². The Bertz CT molecular complexity index is 1170. The lowest BCUT2D eigenvalue weighted by atomic mass is 9.46. The number of Topliss-reactive ketones (excluding diaryl/α,β-unsaturated/α-hetero) is 1. The Kier molecular flexibility index (Phi) is 9.73. The van der Waals surface area contributed by atoms with Crippen LogP contribution in [-0.2, 0) is 28.7 Å². The Balaban J connectivity index is 1.45. The van der Waals surface area contributed by atoms with Crippen LogP contribution in [0.15, 0.2) is 23.8 Å². The molecule has 9 nitrogen and oxygen atoms in total. The summed E-state index contributed by atoms with van der Waals surface area (Å²) in [6.45, 7) is 4.50. The molecule has 11 heteroatoms. The molecule has 4 aliphatic carbocycles. The summed E-state index contributed by atoms with van der Waals surface area (Å²) in [5.74, 6) is -2.12. The lowest BCUT2D eigenvalue weighted by molar-refractivity contribution is -0.181. The number of amides is 1. The van der Waals surface area contributed by atoms with Gasteiger partial charge in [-0.05, 0) is 62.5 Å². The third kappa shape index (κ3) is 6.01. The van der Waals surface area contributed by atoms with Gasteiger partial charge in [0.15, 0.2) is 17.5 Å². The SMILES string of the molecule is CC(=O)N[C@@H](CSC(=O)CCCBr)C(=O)OCC(=O)[C@@]1(O)CC[C@H]2[C@@H]3CCC4=CC(=O)C=C[C@]4(C)[C@H]3C(O)C[C@@]21C. The standard InChI is InChI=1S/C30H40BrNO8S/c1-17(33)32-22(16-41-25(37)5-4-12-31)27(38)40-15-24(36)30(39)11-9-21-20-7-6-18-13-19(34)8-10-28(18,2)26(20)23(35)14-29(21,30)3/h8,10,13,20-23,26,35,39H,4-7,9,11-12,14-16H2,1-3H3,(H,32,33)/t20-,21-,22-,23?,26+,28-,29-,30-/m0/s1. The zero-order valence-electron chi connectivity index (χ0n) is 23.8. The van der Waals surface area contributed by atoms with Crippen LogP contribution in [0, 0.1) is 28.6 Å². The minimum Gasteiger partial charge on any atom is -0.456 e. The fraction of sp³-hybridized carbons (Fsp3) is 0.700. The molecule has 0 aromatic heterocycles. The summed E-state index contributed by atoms with van der Waals surface area (Å²) in [4.78, 5) is 62.1. The van der Waals surface area contributed by atoms with E-state index in [4.69, 9.17) is 4.74 Å². The quantitative estimate of drug-likeness (QED) is 0.239.